The second kappa shape index (κ2) is 6.18. The fourth-order valence-corrected chi connectivity index (χ4v) is 2.30. The molecule has 0 radical (unpaired) electrons. The molecule has 4 heteroatoms. The number of rotatable bonds is 4. The third-order valence-corrected chi connectivity index (χ3v) is 3.52. The van der Waals surface area contributed by atoms with Crippen LogP contribution in [0, 0.1) is 0 Å². The Hall–Kier alpha value is -1.10. The molecular formula is C14H22N2O2. The molecule has 2 rings (SSSR count). The molecule has 0 bridgehead atoms. The maximum absolute atomic E-state index is 9.21. The average Bonchev–Trinajstić information content (AvgIpc) is 2.41. The monoisotopic (exact) mass is 250 g/mol. The van der Waals surface area contributed by atoms with Crippen LogP contribution in [0.5, 0.6) is 5.75 Å². The van der Waals surface area contributed by atoms with E-state index >= 15 is 0 Å². The summed E-state index contributed by atoms with van der Waals surface area (Å²) in [6.07, 6.45) is 0. The minimum atomic E-state index is 0.0831. The van der Waals surface area contributed by atoms with Gasteiger partial charge in [0.15, 0.2) is 0 Å². The van der Waals surface area contributed by atoms with Crippen molar-refractivity contribution >= 4 is 0 Å². The zero-order valence-corrected chi connectivity index (χ0v) is 11.2. The van der Waals surface area contributed by atoms with Gasteiger partial charge in [-0.3, -0.25) is 4.90 Å². The molecule has 4 nitrogen and oxygen atoms in total. The molecule has 0 atom stereocenters. The summed E-state index contributed by atoms with van der Waals surface area (Å²) >= 11 is 0. The molecule has 0 amide bonds. The lowest BCUT2D eigenvalue weighted by Crippen LogP contribution is -2.43. The molecule has 0 unspecified atom stereocenters. The summed E-state index contributed by atoms with van der Waals surface area (Å²) in [4.78, 5) is 4.77. The number of hydrogen-bond donors (Lipinski definition) is 1. The molecule has 1 aromatic carbocycles. The van der Waals surface area contributed by atoms with Crippen molar-refractivity contribution < 1.29 is 9.84 Å². The normalized spacial score (nSPS) is 17.9. The van der Waals surface area contributed by atoms with Crippen LogP contribution >= 0.6 is 0 Å². The Morgan fingerprint density at radius 3 is 2.56 bits per heavy atom. The van der Waals surface area contributed by atoms with Crippen LogP contribution in [0.15, 0.2) is 18.2 Å². The van der Waals surface area contributed by atoms with Crippen molar-refractivity contribution in [2.75, 3.05) is 40.3 Å². The van der Waals surface area contributed by atoms with E-state index in [0.29, 0.717) is 0 Å². The molecule has 0 aliphatic carbocycles. The molecule has 1 fully saturated rings. The Bertz CT molecular complexity index is 387. The highest BCUT2D eigenvalue weighted by Crippen LogP contribution is 2.22. The number of piperazine rings is 1. The lowest BCUT2D eigenvalue weighted by atomic mass is 10.1. The van der Waals surface area contributed by atoms with Gasteiger partial charge in [0.2, 0.25) is 0 Å². The number of hydrogen-bond acceptors (Lipinski definition) is 4. The van der Waals surface area contributed by atoms with Gasteiger partial charge < -0.3 is 14.7 Å². The third-order valence-electron chi connectivity index (χ3n) is 3.52. The zero-order chi connectivity index (χ0) is 13.0. The van der Waals surface area contributed by atoms with Crippen LogP contribution in [0.25, 0.3) is 0 Å². The minimum absolute atomic E-state index is 0.0831. The Balaban J connectivity index is 2.07. The van der Waals surface area contributed by atoms with Crippen LogP contribution in [0.2, 0.25) is 0 Å². The van der Waals surface area contributed by atoms with E-state index in [1.165, 1.54) is 0 Å². The smallest absolute Gasteiger partial charge is 0.123 e. The molecule has 0 spiro atoms. The number of aliphatic hydroxyl groups excluding tert-OH is 1. The maximum atomic E-state index is 9.21. The molecule has 0 aromatic heterocycles. The van der Waals surface area contributed by atoms with E-state index in [0.717, 1.165) is 49.6 Å². The Kier molecular flexibility index (Phi) is 4.58. The fourth-order valence-electron chi connectivity index (χ4n) is 2.30. The van der Waals surface area contributed by atoms with Gasteiger partial charge in [-0.05, 0) is 24.7 Å². The molecule has 1 saturated heterocycles. The Morgan fingerprint density at radius 2 is 1.94 bits per heavy atom. The highest BCUT2D eigenvalue weighted by Gasteiger charge is 2.15. The molecule has 1 aliphatic rings. The van der Waals surface area contributed by atoms with E-state index in [1.807, 2.05) is 18.2 Å². The van der Waals surface area contributed by atoms with E-state index in [-0.39, 0.29) is 6.61 Å². The van der Waals surface area contributed by atoms with Gasteiger partial charge >= 0.3 is 0 Å². The summed E-state index contributed by atoms with van der Waals surface area (Å²) in [7, 11) is 3.85. The van der Waals surface area contributed by atoms with Crippen LogP contribution in [0.4, 0.5) is 0 Å². The molecule has 1 heterocycles. The lowest BCUT2D eigenvalue weighted by Gasteiger charge is -2.32. The number of methoxy groups -OCH3 is 1. The summed E-state index contributed by atoms with van der Waals surface area (Å²) in [5, 5.41) is 9.21. The van der Waals surface area contributed by atoms with Gasteiger partial charge in [-0.1, -0.05) is 6.07 Å². The van der Waals surface area contributed by atoms with Crippen LogP contribution in [-0.4, -0.2) is 55.2 Å². The first-order valence-corrected chi connectivity index (χ1v) is 6.40. The van der Waals surface area contributed by atoms with Crippen LogP contribution in [0.1, 0.15) is 11.1 Å². The number of benzene rings is 1. The summed E-state index contributed by atoms with van der Waals surface area (Å²) < 4.78 is 5.39. The van der Waals surface area contributed by atoms with Gasteiger partial charge in [0.05, 0.1) is 13.7 Å². The first-order valence-electron chi connectivity index (χ1n) is 6.40. The van der Waals surface area contributed by atoms with Crippen molar-refractivity contribution in [3.63, 3.8) is 0 Å². The predicted octanol–water partition coefficient (Wildman–Crippen LogP) is 0.935. The van der Waals surface area contributed by atoms with Gasteiger partial charge in [0.1, 0.15) is 5.75 Å². The van der Waals surface area contributed by atoms with Gasteiger partial charge in [-0.25, -0.2) is 0 Å². The topological polar surface area (TPSA) is 35.9 Å². The van der Waals surface area contributed by atoms with Crippen molar-refractivity contribution in [1.29, 1.82) is 0 Å². The highest BCUT2D eigenvalue weighted by atomic mass is 16.5. The second-order valence-electron chi connectivity index (χ2n) is 4.88. The quantitative estimate of drug-likeness (QED) is 0.862. The van der Waals surface area contributed by atoms with Gasteiger partial charge in [-0.15, -0.1) is 0 Å². The van der Waals surface area contributed by atoms with Crippen molar-refractivity contribution in [2.45, 2.75) is 13.2 Å². The number of aliphatic hydroxyl groups is 1. The first kappa shape index (κ1) is 13.3. The van der Waals surface area contributed by atoms with Crippen LogP contribution in [-0.2, 0) is 13.2 Å². The maximum Gasteiger partial charge on any atom is 0.123 e. The average molecular weight is 250 g/mol. The van der Waals surface area contributed by atoms with Gasteiger partial charge in [-0.2, -0.15) is 0 Å². The van der Waals surface area contributed by atoms with Crippen molar-refractivity contribution in [3.8, 4) is 5.75 Å². The van der Waals surface area contributed by atoms with E-state index in [2.05, 4.69) is 16.8 Å². The van der Waals surface area contributed by atoms with Gasteiger partial charge in [0, 0.05) is 38.3 Å². The molecule has 1 aliphatic heterocycles. The second-order valence-corrected chi connectivity index (χ2v) is 4.88. The Labute approximate surface area is 109 Å². The van der Waals surface area contributed by atoms with Crippen molar-refractivity contribution in [1.82, 2.24) is 9.80 Å². The zero-order valence-electron chi connectivity index (χ0n) is 11.2. The summed E-state index contributed by atoms with van der Waals surface area (Å²) in [6, 6.07) is 5.89. The van der Waals surface area contributed by atoms with E-state index in [9.17, 15) is 5.11 Å². The van der Waals surface area contributed by atoms with Crippen molar-refractivity contribution in [2.24, 2.45) is 0 Å². The lowest BCUT2D eigenvalue weighted by molar-refractivity contribution is 0.147. The molecule has 18 heavy (non-hydrogen) atoms. The summed E-state index contributed by atoms with van der Waals surface area (Å²) in [5.41, 5.74) is 2.11. The van der Waals surface area contributed by atoms with E-state index < -0.39 is 0 Å². The van der Waals surface area contributed by atoms with Gasteiger partial charge in [0.25, 0.3) is 0 Å². The fraction of sp³-hybridized carbons (Fsp3) is 0.571. The molecule has 100 valence electrons. The molecule has 1 N–H and O–H groups in total. The largest absolute Gasteiger partial charge is 0.496 e. The molecule has 1 aromatic rings. The predicted molar refractivity (Wildman–Crippen MR) is 71.7 cm³/mol. The number of likely N-dealkylation sites (N-methyl/N-ethyl adjacent to an activating group) is 1. The highest BCUT2D eigenvalue weighted by molar-refractivity contribution is 5.37. The van der Waals surface area contributed by atoms with Crippen molar-refractivity contribution in [3.05, 3.63) is 29.3 Å². The molecule has 0 saturated carbocycles. The number of nitrogens with zero attached hydrogens (tertiary/aromatic N) is 2. The molecular weight excluding hydrogens is 228 g/mol. The summed E-state index contributed by atoms with van der Waals surface area (Å²) in [5.74, 6) is 0.908. The first-order chi connectivity index (χ1) is 8.72. The Morgan fingerprint density at radius 1 is 1.22 bits per heavy atom. The minimum Gasteiger partial charge on any atom is -0.496 e. The SMILES string of the molecule is COc1ccc(CO)cc1CN1CCN(C)CC1. The summed E-state index contributed by atoms with van der Waals surface area (Å²) in [6.45, 7) is 5.38. The van der Waals surface area contributed by atoms with Crippen LogP contribution < -0.4 is 4.74 Å². The van der Waals surface area contributed by atoms with E-state index in [1.54, 1.807) is 7.11 Å². The third kappa shape index (κ3) is 3.22. The van der Waals surface area contributed by atoms with Crippen LogP contribution in [0.3, 0.4) is 0 Å². The number of ether oxygens (including phenoxy) is 1. The standard InChI is InChI=1S/C14H22N2O2/c1-15-5-7-16(8-6-15)10-13-9-12(11-17)3-4-14(13)18-2/h3-4,9,17H,5-8,10-11H2,1-2H3. The van der Waals surface area contributed by atoms with E-state index in [4.69, 9.17) is 4.74 Å².